The smallest absolute Gasteiger partial charge is 0.0703 e. The maximum atomic E-state index is 6.79. The summed E-state index contributed by atoms with van der Waals surface area (Å²) in [6.45, 7) is 2.33. The van der Waals surface area contributed by atoms with E-state index in [1.165, 1.54) is 148 Å². The molecule has 0 bridgehead atoms. The summed E-state index contributed by atoms with van der Waals surface area (Å²) in [5.41, 5.74) is 0. The minimum Gasteiger partial charge on any atom is -0.0746 e. The van der Waals surface area contributed by atoms with Crippen LogP contribution in [-0.4, -0.2) is 7.85 Å². The summed E-state index contributed by atoms with van der Waals surface area (Å²) in [5, 5.41) is 0. The molecule has 0 aromatic heterocycles. The Morgan fingerprint density at radius 3 is 1.48 bits per heavy atom. The molecule has 3 unspecified atom stereocenters. The fraction of sp³-hybridized carbons (Fsp3) is 1.00. The molecule has 2 aliphatic rings. The largest absolute Gasteiger partial charge is 0.0746 e. The first-order chi connectivity index (χ1) is 14.3. The number of rotatable bonds is 4. The average molecular weight is 401 g/mol. The van der Waals surface area contributed by atoms with E-state index in [-0.39, 0.29) is 0 Å². The number of hydrogen-bond acceptors (Lipinski definition) is 0. The molecule has 0 aromatic carbocycles. The van der Waals surface area contributed by atoms with E-state index in [0.717, 1.165) is 17.8 Å². The summed E-state index contributed by atoms with van der Waals surface area (Å²) >= 11 is 0. The predicted octanol–water partition coefficient (Wildman–Crippen LogP) is 9.81. The molecule has 0 saturated heterocycles. The summed E-state index contributed by atoms with van der Waals surface area (Å²) in [6.07, 6.45) is 33.4. The van der Waals surface area contributed by atoms with Gasteiger partial charge in [-0.15, -0.1) is 0 Å². The molecule has 0 N–H and O–H groups in total. The molecule has 0 nitrogen and oxygen atoms in total. The predicted molar refractivity (Wildman–Crippen MR) is 132 cm³/mol. The highest BCUT2D eigenvalue weighted by atomic mass is 14.3. The van der Waals surface area contributed by atoms with Crippen molar-refractivity contribution in [3.63, 3.8) is 0 Å². The number of fused-ring (bicyclic) bond motifs is 1. The van der Waals surface area contributed by atoms with Crippen molar-refractivity contribution in [2.24, 2.45) is 17.8 Å². The van der Waals surface area contributed by atoms with Crippen LogP contribution in [0.3, 0.4) is 0 Å². The third kappa shape index (κ3) is 11.3. The van der Waals surface area contributed by atoms with Gasteiger partial charge in [-0.3, -0.25) is 0 Å². The molecule has 0 heterocycles. The van der Waals surface area contributed by atoms with Crippen LogP contribution in [-0.2, 0) is 0 Å². The van der Waals surface area contributed by atoms with Crippen molar-refractivity contribution in [1.29, 1.82) is 0 Å². The van der Waals surface area contributed by atoms with Crippen molar-refractivity contribution in [3.8, 4) is 0 Å². The molecule has 2 aliphatic carbocycles. The molecule has 2 saturated carbocycles. The maximum Gasteiger partial charge on any atom is 0.0703 e. The van der Waals surface area contributed by atoms with Gasteiger partial charge in [-0.2, -0.15) is 0 Å². The van der Waals surface area contributed by atoms with Gasteiger partial charge in [0.2, 0.25) is 0 Å². The molecule has 4 atom stereocenters. The first-order valence-corrected chi connectivity index (χ1v) is 14.1. The zero-order valence-corrected chi connectivity index (χ0v) is 20.2. The fourth-order valence-corrected chi connectivity index (χ4v) is 6.31. The first kappa shape index (κ1) is 25.3. The Balaban J connectivity index is 2.01. The molecule has 168 valence electrons. The van der Waals surface area contributed by atoms with Gasteiger partial charge in [-0.05, 0) is 24.2 Å². The molecule has 1 heteroatoms. The molecule has 2 radical (unpaired) electrons. The Bertz CT molecular complexity index is 365. The molecular formula is C28H53B. The van der Waals surface area contributed by atoms with Crippen LogP contribution in [0.25, 0.3) is 0 Å². The Morgan fingerprint density at radius 1 is 0.517 bits per heavy atom. The molecule has 2 fully saturated rings. The van der Waals surface area contributed by atoms with Crippen molar-refractivity contribution in [3.05, 3.63) is 0 Å². The third-order valence-corrected chi connectivity index (χ3v) is 8.37. The van der Waals surface area contributed by atoms with E-state index in [1.54, 1.807) is 0 Å². The zero-order valence-electron chi connectivity index (χ0n) is 20.2. The highest BCUT2D eigenvalue weighted by Gasteiger charge is 2.24. The fourth-order valence-electron chi connectivity index (χ4n) is 6.31. The summed E-state index contributed by atoms with van der Waals surface area (Å²) in [7, 11) is 6.79. The molecule has 0 amide bonds. The topological polar surface area (TPSA) is 0 Å². The molecule has 0 aliphatic heterocycles. The highest BCUT2D eigenvalue weighted by molar-refractivity contribution is 6.11. The van der Waals surface area contributed by atoms with Crippen molar-refractivity contribution < 1.29 is 0 Å². The second-order valence-corrected chi connectivity index (χ2v) is 10.8. The van der Waals surface area contributed by atoms with Gasteiger partial charge in [0.25, 0.3) is 0 Å². The second-order valence-electron chi connectivity index (χ2n) is 10.8. The Labute approximate surface area is 186 Å². The Morgan fingerprint density at radius 2 is 0.966 bits per heavy atom. The summed E-state index contributed by atoms with van der Waals surface area (Å²) in [6, 6.07) is 0. The van der Waals surface area contributed by atoms with Crippen LogP contribution in [0.15, 0.2) is 0 Å². The van der Waals surface area contributed by atoms with Crippen molar-refractivity contribution in [2.75, 3.05) is 0 Å². The van der Waals surface area contributed by atoms with E-state index < -0.39 is 0 Å². The number of hydrogen-bond donors (Lipinski definition) is 0. The van der Waals surface area contributed by atoms with Gasteiger partial charge in [0.1, 0.15) is 0 Å². The standard InChI is InChI=1S/C28H53B/c1-2-3-13-21-27-24-23-26-20-16-10-7-5-4-6-9-14-18-25(26)19-15-11-8-12-17-22-28(27)29/h25-28H,2-24H2,1H3/t25?,26?,27?,28-/m1/s1. The van der Waals surface area contributed by atoms with Crippen LogP contribution in [0.5, 0.6) is 0 Å². The Kier molecular flexibility index (Phi) is 14.6. The Hall–Kier alpha value is 0.0649. The van der Waals surface area contributed by atoms with E-state index in [2.05, 4.69) is 6.92 Å². The van der Waals surface area contributed by atoms with Gasteiger partial charge >= 0.3 is 0 Å². The second kappa shape index (κ2) is 16.7. The average Bonchev–Trinajstić information content (AvgIpc) is 2.73. The van der Waals surface area contributed by atoms with Crippen LogP contribution in [0.2, 0.25) is 5.82 Å². The van der Waals surface area contributed by atoms with Gasteiger partial charge in [0, 0.05) is 0 Å². The molecule has 29 heavy (non-hydrogen) atoms. The van der Waals surface area contributed by atoms with E-state index in [4.69, 9.17) is 7.85 Å². The molecule has 2 rings (SSSR count). The third-order valence-electron chi connectivity index (χ3n) is 8.37. The lowest BCUT2D eigenvalue weighted by atomic mass is 9.68. The van der Waals surface area contributed by atoms with Crippen molar-refractivity contribution in [2.45, 2.75) is 160 Å². The van der Waals surface area contributed by atoms with E-state index in [1.807, 2.05) is 0 Å². The summed E-state index contributed by atoms with van der Waals surface area (Å²) in [4.78, 5) is 0. The van der Waals surface area contributed by atoms with Crippen LogP contribution >= 0.6 is 0 Å². The molecular weight excluding hydrogens is 347 g/mol. The quantitative estimate of drug-likeness (QED) is 0.325. The van der Waals surface area contributed by atoms with Gasteiger partial charge in [0.15, 0.2) is 0 Å². The minimum atomic E-state index is 0.470. The van der Waals surface area contributed by atoms with Gasteiger partial charge < -0.3 is 0 Å². The highest BCUT2D eigenvalue weighted by Crippen LogP contribution is 2.38. The van der Waals surface area contributed by atoms with E-state index in [0.29, 0.717) is 5.82 Å². The SMILES string of the molecule is [B][C@@H]1CCCCCCCC2CCCCCCCCCCC2CCC1CCCCC. The van der Waals surface area contributed by atoms with Gasteiger partial charge in [-0.1, -0.05) is 154 Å². The zero-order chi connectivity index (χ0) is 20.6. The lowest BCUT2D eigenvalue weighted by Gasteiger charge is -2.31. The lowest BCUT2D eigenvalue weighted by molar-refractivity contribution is 0.221. The van der Waals surface area contributed by atoms with Crippen LogP contribution in [0, 0.1) is 17.8 Å². The first-order valence-electron chi connectivity index (χ1n) is 14.1. The number of unbranched alkanes of at least 4 members (excludes halogenated alkanes) is 2. The van der Waals surface area contributed by atoms with E-state index >= 15 is 0 Å². The molecule has 0 spiro atoms. The van der Waals surface area contributed by atoms with Gasteiger partial charge in [-0.25, -0.2) is 0 Å². The molecule has 0 aromatic rings. The lowest BCUT2D eigenvalue weighted by Crippen LogP contribution is -2.19. The minimum absolute atomic E-state index is 0.470. The monoisotopic (exact) mass is 400 g/mol. The van der Waals surface area contributed by atoms with Crippen molar-refractivity contribution >= 4 is 7.85 Å². The van der Waals surface area contributed by atoms with Crippen LogP contribution in [0.1, 0.15) is 155 Å². The normalized spacial score (nSPS) is 32.4. The summed E-state index contributed by atoms with van der Waals surface area (Å²) in [5.74, 6) is 3.28. The van der Waals surface area contributed by atoms with Crippen LogP contribution in [0.4, 0.5) is 0 Å². The van der Waals surface area contributed by atoms with Gasteiger partial charge in [0.05, 0.1) is 7.85 Å². The van der Waals surface area contributed by atoms with E-state index in [9.17, 15) is 0 Å². The summed E-state index contributed by atoms with van der Waals surface area (Å²) < 4.78 is 0. The van der Waals surface area contributed by atoms with Crippen molar-refractivity contribution in [1.82, 2.24) is 0 Å². The maximum absolute atomic E-state index is 6.79. The van der Waals surface area contributed by atoms with Crippen LogP contribution < -0.4 is 0 Å².